The van der Waals surface area contributed by atoms with Gasteiger partial charge in [-0.05, 0) is 24.3 Å². The number of carbonyl (C=O) groups is 1. The molecular weight excluding hydrogens is 237 g/mol. The zero-order valence-corrected chi connectivity index (χ0v) is 9.55. The van der Waals surface area contributed by atoms with Gasteiger partial charge in [0.05, 0.1) is 12.8 Å². The lowest BCUT2D eigenvalue weighted by Gasteiger charge is -2.07. The van der Waals surface area contributed by atoms with Crippen molar-refractivity contribution >= 4 is 11.9 Å². The van der Waals surface area contributed by atoms with Crippen molar-refractivity contribution < 1.29 is 13.9 Å². The number of nitrogens with two attached hydrogens (primary N) is 1. The van der Waals surface area contributed by atoms with E-state index in [0.717, 1.165) is 0 Å². The fourth-order valence-corrected chi connectivity index (χ4v) is 1.48. The minimum atomic E-state index is -0.575. The monoisotopic (exact) mass is 247 g/mol. The summed E-state index contributed by atoms with van der Waals surface area (Å²) in [5.41, 5.74) is 6.54. The SMILES string of the molecule is COC(=O)c1cnc(N)nc1-c1ccc(F)cc1. The molecule has 0 amide bonds. The van der Waals surface area contributed by atoms with E-state index in [0.29, 0.717) is 11.3 Å². The Labute approximate surface area is 102 Å². The highest BCUT2D eigenvalue weighted by Crippen LogP contribution is 2.22. The van der Waals surface area contributed by atoms with Gasteiger partial charge in [0.15, 0.2) is 0 Å². The molecule has 0 aliphatic heterocycles. The molecule has 2 rings (SSSR count). The van der Waals surface area contributed by atoms with Crippen LogP contribution in [0.1, 0.15) is 10.4 Å². The van der Waals surface area contributed by atoms with Crippen molar-refractivity contribution in [3.63, 3.8) is 0 Å². The van der Waals surface area contributed by atoms with Gasteiger partial charge in [-0.25, -0.2) is 19.2 Å². The molecule has 2 aromatic rings. The second-order valence-electron chi connectivity index (χ2n) is 3.49. The Morgan fingerprint density at radius 2 is 2.00 bits per heavy atom. The summed E-state index contributed by atoms with van der Waals surface area (Å²) in [6.45, 7) is 0. The lowest BCUT2D eigenvalue weighted by molar-refractivity contribution is 0.0601. The summed E-state index contributed by atoms with van der Waals surface area (Å²) in [7, 11) is 1.26. The van der Waals surface area contributed by atoms with Crippen LogP contribution in [0.25, 0.3) is 11.3 Å². The first-order valence-corrected chi connectivity index (χ1v) is 5.08. The Kier molecular flexibility index (Phi) is 3.18. The molecule has 18 heavy (non-hydrogen) atoms. The van der Waals surface area contributed by atoms with Gasteiger partial charge < -0.3 is 10.5 Å². The first-order valence-electron chi connectivity index (χ1n) is 5.08. The van der Waals surface area contributed by atoms with E-state index in [9.17, 15) is 9.18 Å². The van der Waals surface area contributed by atoms with Crippen LogP contribution in [0.4, 0.5) is 10.3 Å². The molecule has 0 spiro atoms. The molecule has 0 radical (unpaired) electrons. The predicted molar refractivity (Wildman–Crippen MR) is 63.2 cm³/mol. The van der Waals surface area contributed by atoms with Crippen LogP contribution in [0.3, 0.4) is 0 Å². The molecule has 1 aromatic heterocycles. The van der Waals surface area contributed by atoms with Gasteiger partial charge in [0.25, 0.3) is 0 Å². The van der Waals surface area contributed by atoms with Crippen LogP contribution in [-0.2, 0) is 4.74 Å². The lowest BCUT2D eigenvalue weighted by Crippen LogP contribution is -2.08. The predicted octanol–water partition coefficient (Wildman–Crippen LogP) is 1.65. The summed E-state index contributed by atoms with van der Waals surface area (Å²) < 4.78 is 17.5. The minimum Gasteiger partial charge on any atom is -0.465 e. The number of anilines is 1. The number of ether oxygens (including phenoxy) is 1. The number of hydrogen-bond acceptors (Lipinski definition) is 5. The Hall–Kier alpha value is -2.50. The summed E-state index contributed by atoms with van der Waals surface area (Å²) in [4.78, 5) is 19.3. The molecule has 0 bridgehead atoms. The zero-order chi connectivity index (χ0) is 13.1. The molecule has 5 nitrogen and oxygen atoms in total. The van der Waals surface area contributed by atoms with Gasteiger partial charge in [-0.3, -0.25) is 0 Å². The standard InChI is InChI=1S/C12H10FN3O2/c1-18-11(17)9-6-15-12(14)16-10(9)7-2-4-8(13)5-3-7/h2-6H,1H3,(H2,14,15,16). The first kappa shape index (κ1) is 12.0. The summed E-state index contributed by atoms with van der Waals surface area (Å²) >= 11 is 0. The molecule has 1 aromatic carbocycles. The number of methoxy groups -OCH3 is 1. The van der Waals surface area contributed by atoms with E-state index in [1.54, 1.807) is 0 Å². The van der Waals surface area contributed by atoms with Crippen LogP contribution in [-0.4, -0.2) is 23.0 Å². The van der Waals surface area contributed by atoms with Crippen molar-refractivity contribution in [2.24, 2.45) is 0 Å². The molecule has 92 valence electrons. The molecule has 2 N–H and O–H groups in total. The van der Waals surface area contributed by atoms with Crippen LogP contribution >= 0.6 is 0 Å². The maximum atomic E-state index is 12.9. The number of nitrogen functional groups attached to an aromatic ring is 1. The van der Waals surface area contributed by atoms with E-state index < -0.39 is 5.97 Å². The average Bonchev–Trinajstić information content (AvgIpc) is 2.38. The van der Waals surface area contributed by atoms with Crippen molar-refractivity contribution in [1.82, 2.24) is 9.97 Å². The number of hydrogen-bond donors (Lipinski definition) is 1. The van der Waals surface area contributed by atoms with Crippen LogP contribution in [0, 0.1) is 5.82 Å². The maximum Gasteiger partial charge on any atom is 0.341 e. The third kappa shape index (κ3) is 2.27. The van der Waals surface area contributed by atoms with Gasteiger partial charge in [-0.15, -0.1) is 0 Å². The molecule has 0 saturated heterocycles. The van der Waals surface area contributed by atoms with E-state index in [2.05, 4.69) is 14.7 Å². The summed E-state index contributed by atoms with van der Waals surface area (Å²) in [6.07, 6.45) is 1.28. The molecule has 0 atom stereocenters. The smallest absolute Gasteiger partial charge is 0.341 e. The van der Waals surface area contributed by atoms with Crippen molar-refractivity contribution in [2.45, 2.75) is 0 Å². The summed E-state index contributed by atoms with van der Waals surface area (Å²) in [5, 5.41) is 0. The number of esters is 1. The van der Waals surface area contributed by atoms with Gasteiger partial charge in [-0.1, -0.05) is 0 Å². The number of rotatable bonds is 2. The van der Waals surface area contributed by atoms with E-state index in [1.807, 2.05) is 0 Å². The Bertz CT molecular complexity index is 584. The molecule has 0 aliphatic carbocycles. The second-order valence-corrected chi connectivity index (χ2v) is 3.49. The maximum absolute atomic E-state index is 12.9. The topological polar surface area (TPSA) is 78.1 Å². The quantitative estimate of drug-likeness (QED) is 0.816. The van der Waals surface area contributed by atoms with Crippen molar-refractivity contribution in [1.29, 1.82) is 0 Å². The molecular formula is C12H10FN3O2. The number of aromatic nitrogens is 2. The Morgan fingerprint density at radius 1 is 1.33 bits per heavy atom. The fourth-order valence-electron chi connectivity index (χ4n) is 1.48. The van der Waals surface area contributed by atoms with Crippen molar-refractivity contribution in [3.05, 3.63) is 41.8 Å². The third-order valence-electron chi connectivity index (χ3n) is 2.33. The third-order valence-corrected chi connectivity index (χ3v) is 2.33. The van der Waals surface area contributed by atoms with Crippen LogP contribution in [0.15, 0.2) is 30.5 Å². The minimum absolute atomic E-state index is 0.0296. The van der Waals surface area contributed by atoms with Crippen molar-refractivity contribution in [2.75, 3.05) is 12.8 Å². The molecule has 1 heterocycles. The van der Waals surface area contributed by atoms with Crippen LogP contribution in [0.2, 0.25) is 0 Å². The van der Waals surface area contributed by atoms with Gasteiger partial charge in [0.2, 0.25) is 5.95 Å². The first-order chi connectivity index (χ1) is 8.61. The molecule has 6 heteroatoms. The van der Waals surface area contributed by atoms with E-state index >= 15 is 0 Å². The highest BCUT2D eigenvalue weighted by Gasteiger charge is 2.16. The molecule has 0 aliphatic rings. The van der Waals surface area contributed by atoms with Crippen LogP contribution < -0.4 is 5.73 Å². The molecule has 0 fully saturated rings. The Balaban J connectivity index is 2.57. The van der Waals surface area contributed by atoms with Gasteiger partial charge in [-0.2, -0.15) is 0 Å². The number of benzene rings is 1. The van der Waals surface area contributed by atoms with Crippen LogP contribution in [0.5, 0.6) is 0 Å². The fraction of sp³-hybridized carbons (Fsp3) is 0.0833. The highest BCUT2D eigenvalue weighted by molar-refractivity contribution is 5.95. The van der Waals surface area contributed by atoms with Crippen molar-refractivity contribution in [3.8, 4) is 11.3 Å². The average molecular weight is 247 g/mol. The van der Waals surface area contributed by atoms with E-state index in [4.69, 9.17) is 5.73 Å². The van der Waals surface area contributed by atoms with Gasteiger partial charge in [0.1, 0.15) is 11.4 Å². The molecule has 0 saturated carbocycles. The Morgan fingerprint density at radius 3 is 2.61 bits per heavy atom. The number of halogens is 1. The summed E-state index contributed by atoms with van der Waals surface area (Å²) in [6, 6.07) is 5.55. The highest BCUT2D eigenvalue weighted by atomic mass is 19.1. The zero-order valence-electron chi connectivity index (χ0n) is 9.55. The largest absolute Gasteiger partial charge is 0.465 e. The summed E-state index contributed by atoms with van der Waals surface area (Å²) in [5.74, 6) is -0.920. The number of nitrogens with zero attached hydrogens (tertiary/aromatic N) is 2. The molecule has 0 unspecified atom stereocenters. The number of carbonyl (C=O) groups excluding carboxylic acids is 1. The van der Waals surface area contributed by atoms with Gasteiger partial charge in [0, 0.05) is 11.8 Å². The van der Waals surface area contributed by atoms with E-state index in [-0.39, 0.29) is 17.3 Å². The normalized spacial score (nSPS) is 10.1. The van der Waals surface area contributed by atoms with E-state index in [1.165, 1.54) is 37.6 Å². The lowest BCUT2D eigenvalue weighted by atomic mass is 10.1. The second kappa shape index (κ2) is 4.79. The van der Waals surface area contributed by atoms with Gasteiger partial charge >= 0.3 is 5.97 Å².